The number of hydrogen-bond acceptors (Lipinski definition) is 3. The van der Waals surface area contributed by atoms with Gasteiger partial charge in [-0.1, -0.05) is 6.92 Å². The molecule has 74 valence electrons. The molecule has 0 aliphatic carbocycles. The molecule has 0 spiro atoms. The summed E-state index contributed by atoms with van der Waals surface area (Å²) in [6.45, 7) is 6.58. The molecule has 0 rings (SSSR count). The van der Waals surface area contributed by atoms with Gasteiger partial charge in [0.25, 0.3) is 0 Å². The fourth-order valence-corrected chi connectivity index (χ4v) is 1.75. The van der Waals surface area contributed by atoms with E-state index in [4.69, 9.17) is 0 Å². The Morgan fingerprint density at radius 1 is 1.33 bits per heavy atom. The van der Waals surface area contributed by atoms with Gasteiger partial charge in [0.05, 0.1) is 5.25 Å². The van der Waals surface area contributed by atoms with Crippen LogP contribution in [-0.2, 0) is 9.84 Å². The maximum absolute atomic E-state index is 11.1. The molecule has 3 nitrogen and oxygen atoms in total. The summed E-state index contributed by atoms with van der Waals surface area (Å²) < 4.78 is 22.2. The van der Waals surface area contributed by atoms with Crippen molar-refractivity contribution in [3.8, 4) is 0 Å². The van der Waals surface area contributed by atoms with E-state index >= 15 is 0 Å². The lowest BCUT2D eigenvalue weighted by atomic mass is 10.2. The average molecular weight is 193 g/mol. The van der Waals surface area contributed by atoms with Crippen LogP contribution < -0.4 is 5.32 Å². The predicted molar refractivity (Wildman–Crippen MR) is 52.1 cm³/mol. The molecule has 0 heterocycles. The van der Waals surface area contributed by atoms with Gasteiger partial charge in [-0.3, -0.25) is 0 Å². The second kappa shape index (κ2) is 4.82. The van der Waals surface area contributed by atoms with E-state index in [1.807, 2.05) is 6.92 Å². The molecule has 1 N–H and O–H groups in total. The van der Waals surface area contributed by atoms with Crippen LogP contribution in [0.3, 0.4) is 0 Å². The van der Waals surface area contributed by atoms with Gasteiger partial charge in [-0.05, 0) is 26.8 Å². The van der Waals surface area contributed by atoms with Crippen molar-refractivity contribution < 1.29 is 8.42 Å². The predicted octanol–water partition coefficient (Wildman–Crippen LogP) is 0.808. The van der Waals surface area contributed by atoms with Crippen molar-refractivity contribution in [2.45, 2.75) is 38.5 Å². The van der Waals surface area contributed by atoms with E-state index in [-0.39, 0.29) is 11.3 Å². The highest BCUT2D eigenvalue weighted by Crippen LogP contribution is 2.03. The van der Waals surface area contributed by atoms with Gasteiger partial charge < -0.3 is 5.32 Å². The van der Waals surface area contributed by atoms with E-state index in [2.05, 4.69) is 12.2 Å². The number of nitrogens with one attached hydrogen (secondary N) is 1. The summed E-state index contributed by atoms with van der Waals surface area (Å²) in [7, 11) is -2.89. The molecule has 0 aliphatic heterocycles. The standard InChI is InChI=1S/C8H19NO2S/c1-5-6-9-7(2)8(3)12(4,10)11/h7-9H,5-6H2,1-4H3. The van der Waals surface area contributed by atoms with Crippen LogP contribution >= 0.6 is 0 Å². The first-order chi connectivity index (χ1) is 5.39. The van der Waals surface area contributed by atoms with Crippen molar-refractivity contribution in [2.24, 2.45) is 0 Å². The topological polar surface area (TPSA) is 46.2 Å². The molecule has 0 aromatic carbocycles. The van der Waals surface area contributed by atoms with Crippen LogP contribution in [0.25, 0.3) is 0 Å². The zero-order chi connectivity index (χ0) is 9.78. The lowest BCUT2D eigenvalue weighted by Crippen LogP contribution is -2.40. The maximum Gasteiger partial charge on any atom is 0.151 e. The number of hydrogen-bond donors (Lipinski definition) is 1. The molecule has 12 heavy (non-hydrogen) atoms. The number of rotatable bonds is 5. The normalized spacial score (nSPS) is 17.3. The Balaban J connectivity index is 4.02. The molecule has 0 aliphatic rings. The Morgan fingerprint density at radius 3 is 2.17 bits per heavy atom. The molecule has 0 saturated heterocycles. The molecule has 0 aromatic heterocycles. The molecule has 0 bridgehead atoms. The quantitative estimate of drug-likeness (QED) is 0.703. The Hall–Kier alpha value is -0.0900. The van der Waals surface area contributed by atoms with Gasteiger partial charge in [-0.15, -0.1) is 0 Å². The van der Waals surface area contributed by atoms with Gasteiger partial charge in [0, 0.05) is 12.3 Å². The summed E-state index contributed by atoms with van der Waals surface area (Å²) in [6, 6.07) is 0.0416. The van der Waals surface area contributed by atoms with Crippen molar-refractivity contribution in [2.75, 3.05) is 12.8 Å². The molecule has 2 atom stereocenters. The summed E-state index contributed by atoms with van der Waals surface area (Å²) >= 11 is 0. The molecule has 0 aromatic rings. The van der Waals surface area contributed by atoms with Crippen LogP contribution in [0.5, 0.6) is 0 Å². The summed E-state index contributed by atoms with van der Waals surface area (Å²) in [5.74, 6) is 0. The molecule has 0 radical (unpaired) electrons. The molecule has 0 saturated carbocycles. The second-order valence-corrected chi connectivity index (χ2v) is 5.68. The van der Waals surface area contributed by atoms with Crippen LogP contribution in [0.1, 0.15) is 27.2 Å². The third-order valence-electron chi connectivity index (χ3n) is 2.10. The highest BCUT2D eigenvalue weighted by Gasteiger charge is 2.20. The van der Waals surface area contributed by atoms with Crippen molar-refractivity contribution in [3.63, 3.8) is 0 Å². The third kappa shape index (κ3) is 4.07. The Morgan fingerprint density at radius 2 is 1.83 bits per heavy atom. The first-order valence-corrected chi connectivity index (χ1v) is 6.27. The fraction of sp³-hybridized carbons (Fsp3) is 1.00. The number of sulfone groups is 1. The molecule has 4 heteroatoms. The first-order valence-electron chi connectivity index (χ1n) is 4.31. The van der Waals surface area contributed by atoms with Crippen LogP contribution in [0.15, 0.2) is 0 Å². The first kappa shape index (κ1) is 11.9. The van der Waals surface area contributed by atoms with E-state index in [1.165, 1.54) is 6.26 Å². The van der Waals surface area contributed by atoms with Gasteiger partial charge in [-0.2, -0.15) is 0 Å². The Labute approximate surface area is 75.5 Å². The fourth-order valence-electron chi connectivity index (χ4n) is 0.909. The largest absolute Gasteiger partial charge is 0.313 e. The Kier molecular flexibility index (Phi) is 4.78. The van der Waals surface area contributed by atoms with Gasteiger partial charge in [0.1, 0.15) is 0 Å². The maximum atomic E-state index is 11.1. The van der Waals surface area contributed by atoms with Gasteiger partial charge in [0.2, 0.25) is 0 Å². The van der Waals surface area contributed by atoms with Crippen LogP contribution in [0.4, 0.5) is 0 Å². The minimum absolute atomic E-state index is 0.0416. The van der Waals surface area contributed by atoms with Crippen molar-refractivity contribution in [1.82, 2.24) is 5.32 Å². The van der Waals surface area contributed by atoms with E-state index in [0.717, 1.165) is 13.0 Å². The SMILES string of the molecule is CCCNC(C)C(C)S(C)(=O)=O. The van der Waals surface area contributed by atoms with Crippen molar-refractivity contribution >= 4 is 9.84 Å². The molecule has 0 fully saturated rings. The van der Waals surface area contributed by atoms with Crippen molar-refractivity contribution in [1.29, 1.82) is 0 Å². The zero-order valence-corrected chi connectivity index (χ0v) is 9.11. The molecule has 2 unspecified atom stereocenters. The molecular formula is C8H19NO2S. The summed E-state index contributed by atoms with van der Waals surface area (Å²) in [4.78, 5) is 0. The minimum Gasteiger partial charge on any atom is -0.313 e. The summed E-state index contributed by atoms with van der Waals surface area (Å²) in [5.41, 5.74) is 0. The smallest absolute Gasteiger partial charge is 0.151 e. The van der Waals surface area contributed by atoms with Crippen LogP contribution in [0, 0.1) is 0 Å². The average Bonchev–Trinajstić information content (AvgIpc) is 1.97. The lowest BCUT2D eigenvalue weighted by Gasteiger charge is -2.19. The highest BCUT2D eigenvalue weighted by molar-refractivity contribution is 7.91. The summed E-state index contributed by atoms with van der Waals surface area (Å²) in [6.07, 6.45) is 2.31. The van der Waals surface area contributed by atoms with Crippen molar-refractivity contribution in [3.05, 3.63) is 0 Å². The van der Waals surface area contributed by atoms with Crippen LogP contribution in [-0.4, -0.2) is 32.5 Å². The van der Waals surface area contributed by atoms with Gasteiger partial charge >= 0.3 is 0 Å². The summed E-state index contributed by atoms with van der Waals surface area (Å²) in [5, 5.41) is 2.86. The Bertz CT molecular complexity index is 211. The highest BCUT2D eigenvalue weighted by atomic mass is 32.2. The van der Waals surface area contributed by atoms with E-state index in [9.17, 15) is 8.42 Å². The third-order valence-corrected chi connectivity index (χ3v) is 3.85. The molecular weight excluding hydrogens is 174 g/mol. The van der Waals surface area contributed by atoms with Gasteiger partial charge in [-0.25, -0.2) is 8.42 Å². The zero-order valence-electron chi connectivity index (χ0n) is 8.29. The van der Waals surface area contributed by atoms with E-state index < -0.39 is 9.84 Å². The van der Waals surface area contributed by atoms with E-state index in [0.29, 0.717) is 0 Å². The lowest BCUT2D eigenvalue weighted by molar-refractivity contribution is 0.512. The monoisotopic (exact) mass is 193 g/mol. The minimum atomic E-state index is -2.89. The van der Waals surface area contributed by atoms with Gasteiger partial charge in [0.15, 0.2) is 9.84 Å². The van der Waals surface area contributed by atoms with E-state index in [1.54, 1.807) is 6.92 Å². The van der Waals surface area contributed by atoms with Crippen LogP contribution in [0.2, 0.25) is 0 Å². The molecule has 0 amide bonds. The second-order valence-electron chi connectivity index (χ2n) is 3.28.